The molecule has 2 heterocycles. The topological polar surface area (TPSA) is 107 Å². The third-order valence-electron chi connectivity index (χ3n) is 4.56. The molecule has 0 spiro atoms. The largest absolute Gasteiger partial charge is 0.456 e. The molecule has 2 aromatic heterocycles. The third kappa shape index (κ3) is 5.30. The highest BCUT2D eigenvalue weighted by molar-refractivity contribution is 5.92. The number of aryl methyl sites for hydroxylation is 1. The fourth-order valence-corrected chi connectivity index (χ4v) is 2.86. The van der Waals surface area contributed by atoms with Crippen molar-refractivity contribution < 1.29 is 19.1 Å². The van der Waals surface area contributed by atoms with Gasteiger partial charge in [0.15, 0.2) is 5.65 Å². The zero-order valence-electron chi connectivity index (χ0n) is 17.9. The highest BCUT2D eigenvalue weighted by atomic mass is 16.6. The number of fused-ring (bicyclic) bond motifs is 1. The van der Waals surface area contributed by atoms with E-state index in [1.54, 1.807) is 35.0 Å². The van der Waals surface area contributed by atoms with Gasteiger partial charge < -0.3 is 14.8 Å². The van der Waals surface area contributed by atoms with Crippen LogP contribution in [0.1, 0.15) is 39.2 Å². The summed E-state index contributed by atoms with van der Waals surface area (Å²) < 4.78 is 12.9. The molecule has 162 valence electrons. The van der Waals surface area contributed by atoms with Gasteiger partial charge in [0.2, 0.25) is 11.9 Å². The van der Waals surface area contributed by atoms with E-state index in [0.29, 0.717) is 22.9 Å². The molecule has 0 radical (unpaired) electrons. The number of nitrogens with one attached hydrogen (secondary N) is 2. The molecule has 1 aromatic carbocycles. The number of benzene rings is 1. The minimum absolute atomic E-state index is 0.0462. The molecular weight excluding hydrogens is 398 g/mol. The number of anilines is 1. The quantitative estimate of drug-likeness (QED) is 0.641. The summed E-state index contributed by atoms with van der Waals surface area (Å²) in [4.78, 5) is 28.3. The molecule has 1 aliphatic carbocycles. The summed E-state index contributed by atoms with van der Waals surface area (Å²) in [6.45, 7) is 7.49. The van der Waals surface area contributed by atoms with Crippen LogP contribution < -0.4 is 20.1 Å². The molecule has 0 atom stereocenters. The van der Waals surface area contributed by atoms with Gasteiger partial charge in [-0.3, -0.25) is 10.1 Å². The second-order valence-electron chi connectivity index (χ2n) is 8.66. The van der Waals surface area contributed by atoms with Crippen LogP contribution in [-0.2, 0) is 4.79 Å². The minimum Gasteiger partial charge on any atom is -0.456 e. The molecule has 31 heavy (non-hydrogen) atoms. The lowest BCUT2D eigenvalue weighted by atomic mass is 10.1. The molecule has 9 nitrogen and oxygen atoms in total. The van der Waals surface area contributed by atoms with Gasteiger partial charge in [-0.25, -0.2) is 9.31 Å². The van der Waals surface area contributed by atoms with E-state index in [2.05, 4.69) is 20.7 Å². The summed E-state index contributed by atoms with van der Waals surface area (Å²) in [5, 5.41) is 9.78. The molecule has 1 fully saturated rings. The fraction of sp³-hybridized carbons (Fsp3) is 0.364. The summed E-state index contributed by atoms with van der Waals surface area (Å²) in [7, 11) is 0. The van der Waals surface area contributed by atoms with Crippen LogP contribution in [0, 0.1) is 12.8 Å². The molecular formula is C22H25N5O4. The Morgan fingerprint density at radius 1 is 1.13 bits per heavy atom. The molecule has 2 N–H and O–H groups in total. The van der Waals surface area contributed by atoms with Gasteiger partial charge in [-0.15, -0.1) is 5.10 Å². The van der Waals surface area contributed by atoms with Gasteiger partial charge in [0.25, 0.3) is 0 Å². The first kappa shape index (κ1) is 20.6. The van der Waals surface area contributed by atoms with Crippen molar-refractivity contribution in [1.82, 2.24) is 19.9 Å². The van der Waals surface area contributed by atoms with Crippen LogP contribution in [0.4, 0.5) is 10.7 Å². The number of rotatable bonds is 5. The number of carbonyl (C=O) groups is 2. The number of hydrogen-bond acceptors (Lipinski definition) is 6. The van der Waals surface area contributed by atoms with Gasteiger partial charge in [0.1, 0.15) is 17.2 Å². The van der Waals surface area contributed by atoms with Crippen molar-refractivity contribution in [2.45, 2.75) is 46.1 Å². The first-order valence-corrected chi connectivity index (χ1v) is 10.1. The summed E-state index contributed by atoms with van der Waals surface area (Å²) in [6.07, 6.45) is 2.97. The van der Waals surface area contributed by atoms with E-state index >= 15 is 0 Å². The van der Waals surface area contributed by atoms with Gasteiger partial charge in [0, 0.05) is 17.5 Å². The molecule has 3 aromatic rings. The number of carbonyl (C=O) groups excluding carboxylic acids is 2. The van der Waals surface area contributed by atoms with Crippen LogP contribution in [0.2, 0.25) is 0 Å². The van der Waals surface area contributed by atoms with E-state index in [9.17, 15) is 9.59 Å². The van der Waals surface area contributed by atoms with E-state index < -0.39 is 11.6 Å². The molecule has 4 rings (SSSR count). The van der Waals surface area contributed by atoms with Crippen LogP contribution >= 0.6 is 0 Å². The smallest absolute Gasteiger partial charge is 0.413 e. The first-order chi connectivity index (χ1) is 14.7. The number of pyridine rings is 1. The predicted molar refractivity (Wildman–Crippen MR) is 115 cm³/mol. The number of aromatic nitrogens is 3. The van der Waals surface area contributed by atoms with Gasteiger partial charge >= 0.3 is 6.09 Å². The average molecular weight is 423 g/mol. The third-order valence-corrected chi connectivity index (χ3v) is 4.56. The van der Waals surface area contributed by atoms with Gasteiger partial charge in [-0.1, -0.05) is 6.07 Å². The molecule has 9 heteroatoms. The molecule has 2 amide bonds. The van der Waals surface area contributed by atoms with Crippen LogP contribution in [0.5, 0.6) is 17.2 Å². The van der Waals surface area contributed by atoms with Crippen molar-refractivity contribution >= 4 is 23.6 Å². The molecule has 0 aliphatic heterocycles. The second kappa shape index (κ2) is 7.90. The average Bonchev–Trinajstić information content (AvgIpc) is 3.44. The van der Waals surface area contributed by atoms with Crippen LogP contribution in [0.15, 0.2) is 36.5 Å². The molecule has 0 bridgehead atoms. The maximum absolute atomic E-state index is 12.1. The Morgan fingerprint density at radius 2 is 1.87 bits per heavy atom. The number of nitrogens with zero attached hydrogens (tertiary/aromatic N) is 3. The maximum Gasteiger partial charge on any atom is 0.413 e. The van der Waals surface area contributed by atoms with E-state index in [1.165, 1.54) is 0 Å². The minimum atomic E-state index is -0.530. The van der Waals surface area contributed by atoms with E-state index in [0.717, 1.165) is 18.4 Å². The van der Waals surface area contributed by atoms with Crippen molar-refractivity contribution in [1.29, 1.82) is 0 Å². The van der Waals surface area contributed by atoms with Crippen molar-refractivity contribution in [3.8, 4) is 17.2 Å². The van der Waals surface area contributed by atoms with E-state index in [-0.39, 0.29) is 17.8 Å². The fourth-order valence-electron chi connectivity index (χ4n) is 2.86. The molecule has 1 aliphatic rings. The van der Waals surface area contributed by atoms with E-state index in [1.807, 2.05) is 33.8 Å². The Morgan fingerprint density at radius 3 is 2.58 bits per heavy atom. The summed E-state index contributed by atoms with van der Waals surface area (Å²) in [5.74, 6) is 1.73. The lowest BCUT2D eigenvalue weighted by Gasteiger charge is -2.20. The Labute approximate surface area is 179 Å². The lowest BCUT2D eigenvalue weighted by molar-refractivity contribution is -0.117. The van der Waals surface area contributed by atoms with Crippen molar-refractivity contribution in [3.63, 3.8) is 0 Å². The van der Waals surface area contributed by atoms with Crippen molar-refractivity contribution in [2.75, 3.05) is 5.32 Å². The number of ether oxygens (including phenoxy) is 2. The zero-order chi connectivity index (χ0) is 22.2. The molecule has 0 saturated heterocycles. The lowest BCUT2D eigenvalue weighted by Crippen LogP contribution is -2.42. The van der Waals surface area contributed by atoms with Gasteiger partial charge in [0.05, 0.1) is 6.20 Å². The Balaban J connectivity index is 1.47. The maximum atomic E-state index is 12.1. The summed E-state index contributed by atoms with van der Waals surface area (Å²) in [6, 6.07) is 8.76. The summed E-state index contributed by atoms with van der Waals surface area (Å²) >= 11 is 0. The van der Waals surface area contributed by atoms with E-state index in [4.69, 9.17) is 9.47 Å². The Hall–Kier alpha value is -3.62. The number of hydrogen-bond donors (Lipinski definition) is 2. The molecule has 1 saturated carbocycles. The SMILES string of the molecule is Cc1ccc(Oc2ccc3nc(NC(=O)C4CC4)nn3c2)cc1OC(=O)NC(C)(C)C. The summed E-state index contributed by atoms with van der Waals surface area (Å²) in [5.41, 5.74) is 0.993. The monoisotopic (exact) mass is 423 g/mol. The highest BCUT2D eigenvalue weighted by Gasteiger charge is 2.30. The normalized spacial score (nSPS) is 13.7. The molecule has 0 unspecified atom stereocenters. The van der Waals surface area contributed by atoms with Gasteiger partial charge in [-0.05, 0) is 64.3 Å². The Kier molecular flexibility index (Phi) is 5.26. The van der Waals surface area contributed by atoms with Crippen molar-refractivity contribution in [2.24, 2.45) is 5.92 Å². The Bertz CT molecular complexity index is 1140. The first-order valence-electron chi connectivity index (χ1n) is 10.1. The van der Waals surface area contributed by atoms with Crippen LogP contribution in [-0.4, -0.2) is 32.1 Å². The van der Waals surface area contributed by atoms with Crippen LogP contribution in [0.25, 0.3) is 5.65 Å². The standard InChI is InChI=1S/C22H25N5O4/c1-13-5-8-15(11-17(13)31-21(29)25-22(2,3)4)30-16-9-10-18-23-20(26-27(18)12-16)24-19(28)14-6-7-14/h5,8-12,14H,6-7H2,1-4H3,(H,25,29)(H,24,26,28). The zero-order valence-corrected chi connectivity index (χ0v) is 17.9. The van der Waals surface area contributed by atoms with Crippen molar-refractivity contribution in [3.05, 3.63) is 42.1 Å². The number of amides is 2. The van der Waals surface area contributed by atoms with Crippen LogP contribution in [0.3, 0.4) is 0 Å². The van der Waals surface area contributed by atoms with Gasteiger partial charge in [-0.2, -0.15) is 4.98 Å². The second-order valence-corrected chi connectivity index (χ2v) is 8.66. The highest BCUT2D eigenvalue weighted by Crippen LogP contribution is 2.30. The predicted octanol–water partition coefficient (Wildman–Crippen LogP) is 4.07.